The van der Waals surface area contributed by atoms with E-state index in [2.05, 4.69) is 4.72 Å². The Kier molecular flexibility index (Phi) is 5.14. The third-order valence-corrected chi connectivity index (χ3v) is 4.94. The van der Waals surface area contributed by atoms with Gasteiger partial charge in [0.05, 0.1) is 28.7 Å². The first-order chi connectivity index (χ1) is 11.7. The number of halogens is 1. The van der Waals surface area contributed by atoms with Crippen LogP contribution in [0.5, 0.6) is 5.75 Å². The lowest BCUT2D eigenvalue weighted by Crippen LogP contribution is -2.23. The number of non-ortho nitro benzene ring substituents is 1. The number of nitrogens with one attached hydrogen (secondary N) is 1. The molecule has 132 valence electrons. The summed E-state index contributed by atoms with van der Waals surface area (Å²) in [7, 11) is -3.10. The number of aromatic carboxylic acids is 1. The lowest BCUT2D eigenvalue weighted by molar-refractivity contribution is -0.384. The number of carbonyl (C=O) groups excluding carboxylic acids is 1. The Labute approximate surface area is 147 Å². The number of nitrogens with zero attached hydrogens (tertiary/aromatic N) is 1. The van der Waals surface area contributed by atoms with E-state index in [1.54, 1.807) is 0 Å². The maximum absolute atomic E-state index is 12.5. The molecule has 1 N–H and O–H groups in total. The van der Waals surface area contributed by atoms with E-state index in [1.165, 1.54) is 13.2 Å². The molecule has 0 aliphatic carbocycles. The number of rotatable bonds is 6. The molecule has 0 heterocycles. The summed E-state index contributed by atoms with van der Waals surface area (Å²) in [5.41, 5.74) is -0.963. The summed E-state index contributed by atoms with van der Waals surface area (Å²) in [6.45, 7) is 0. The average molecular weight is 386 g/mol. The van der Waals surface area contributed by atoms with Crippen LogP contribution in [0.2, 0.25) is 5.02 Å². The molecule has 0 amide bonds. The minimum absolute atomic E-state index is 0.0290. The van der Waals surface area contributed by atoms with Crippen molar-refractivity contribution in [2.75, 3.05) is 11.8 Å². The van der Waals surface area contributed by atoms with Crippen molar-refractivity contribution in [1.82, 2.24) is 0 Å². The van der Waals surface area contributed by atoms with Gasteiger partial charge in [0.1, 0.15) is 10.6 Å². The normalized spacial score (nSPS) is 11.0. The Bertz CT molecular complexity index is 960. The number of benzene rings is 2. The Morgan fingerprint density at radius 3 is 2.48 bits per heavy atom. The summed E-state index contributed by atoms with van der Waals surface area (Å²) in [6, 6.07) is 6.32. The van der Waals surface area contributed by atoms with Gasteiger partial charge in [-0.25, -0.2) is 8.42 Å². The zero-order valence-electron chi connectivity index (χ0n) is 12.6. The van der Waals surface area contributed by atoms with Crippen LogP contribution in [-0.2, 0) is 10.0 Å². The van der Waals surface area contributed by atoms with Crippen molar-refractivity contribution in [1.29, 1.82) is 0 Å². The first-order valence-corrected chi connectivity index (χ1v) is 8.38. The molecular formula is C14H10ClN2O7S-. The van der Waals surface area contributed by atoms with E-state index in [9.17, 15) is 28.4 Å². The molecular weight excluding hydrogens is 376 g/mol. The number of carbonyl (C=O) groups is 1. The molecule has 2 aromatic carbocycles. The van der Waals surface area contributed by atoms with Crippen molar-refractivity contribution in [3.8, 4) is 5.75 Å². The highest BCUT2D eigenvalue weighted by Gasteiger charge is 2.22. The molecule has 11 heteroatoms. The number of nitro benzene ring substituents is 1. The number of ether oxygens (including phenoxy) is 1. The van der Waals surface area contributed by atoms with Crippen LogP contribution in [0, 0.1) is 10.1 Å². The smallest absolute Gasteiger partial charge is 0.271 e. The first kappa shape index (κ1) is 18.5. The van der Waals surface area contributed by atoms with Gasteiger partial charge in [0, 0.05) is 12.1 Å². The van der Waals surface area contributed by atoms with Crippen molar-refractivity contribution in [2.45, 2.75) is 4.90 Å². The van der Waals surface area contributed by atoms with Gasteiger partial charge in [-0.2, -0.15) is 0 Å². The number of hydrogen-bond acceptors (Lipinski definition) is 7. The van der Waals surface area contributed by atoms with E-state index in [1.807, 2.05) is 0 Å². The molecule has 0 fully saturated rings. The Morgan fingerprint density at radius 1 is 1.24 bits per heavy atom. The summed E-state index contributed by atoms with van der Waals surface area (Å²) in [5, 5.41) is 21.5. The highest BCUT2D eigenvalue weighted by atomic mass is 35.5. The van der Waals surface area contributed by atoms with Crippen LogP contribution in [0.3, 0.4) is 0 Å². The molecule has 0 aromatic heterocycles. The Hall–Kier alpha value is -2.85. The zero-order valence-corrected chi connectivity index (χ0v) is 14.1. The summed E-state index contributed by atoms with van der Waals surface area (Å²) >= 11 is 5.84. The van der Waals surface area contributed by atoms with E-state index in [0.29, 0.717) is 0 Å². The van der Waals surface area contributed by atoms with Crippen LogP contribution < -0.4 is 14.6 Å². The number of anilines is 1. The predicted octanol–water partition coefficient (Wildman–Crippen LogP) is 1.42. The zero-order chi connectivity index (χ0) is 18.8. The van der Waals surface area contributed by atoms with E-state index in [-0.39, 0.29) is 22.1 Å². The molecule has 0 aliphatic heterocycles. The maximum Gasteiger partial charge on any atom is 0.271 e. The second-order valence-electron chi connectivity index (χ2n) is 4.68. The average Bonchev–Trinajstić information content (AvgIpc) is 2.54. The predicted molar refractivity (Wildman–Crippen MR) is 86.2 cm³/mol. The van der Waals surface area contributed by atoms with Gasteiger partial charge in [-0.3, -0.25) is 14.8 Å². The summed E-state index contributed by atoms with van der Waals surface area (Å²) in [5.74, 6) is -1.55. The minimum Gasteiger partial charge on any atom is -0.545 e. The number of carboxylic acids is 1. The van der Waals surface area contributed by atoms with E-state index >= 15 is 0 Å². The summed E-state index contributed by atoms with van der Waals surface area (Å²) in [4.78, 5) is 20.5. The molecule has 0 spiro atoms. The van der Waals surface area contributed by atoms with Gasteiger partial charge in [0.25, 0.3) is 15.7 Å². The first-order valence-electron chi connectivity index (χ1n) is 6.52. The van der Waals surface area contributed by atoms with Gasteiger partial charge in [-0.15, -0.1) is 0 Å². The fraction of sp³-hybridized carbons (Fsp3) is 0.0714. The highest BCUT2D eigenvalue weighted by Crippen LogP contribution is 2.32. The number of carboxylic acid groups (broad SMARTS) is 1. The molecule has 0 saturated carbocycles. The summed E-state index contributed by atoms with van der Waals surface area (Å²) in [6.07, 6.45) is 0. The largest absolute Gasteiger partial charge is 0.545 e. The number of methoxy groups -OCH3 is 1. The molecule has 0 bridgehead atoms. The van der Waals surface area contributed by atoms with Gasteiger partial charge in [-0.05, 0) is 23.8 Å². The van der Waals surface area contributed by atoms with Crippen LogP contribution >= 0.6 is 11.6 Å². The fourth-order valence-corrected chi connectivity index (χ4v) is 3.51. The second kappa shape index (κ2) is 6.95. The molecule has 0 saturated heterocycles. The Morgan fingerprint density at radius 2 is 1.92 bits per heavy atom. The monoisotopic (exact) mass is 385 g/mol. The fourth-order valence-electron chi connectivity index (χ4n) is 1.93. The highest BCUT2D eigenvalue weighted by molar-refractivity contribution is 7.92. The molecule has 0 atom stereocenters. The molecule has 2 rings (SSSR count). The maximum atomic E-state index is 12.5. The summed E-state index contributed by atoms with van der Waals surface area (Å²) < 4.78 is 32.1. The van der Waals surface area contributed by atoms with E-state index in [0.717, 1.165) is 30.3 Å². The minimum atomic E-state index is -4.35. The SMILES string of the molecule is COc1ccc([N+](=O)[O-])cc1NS(=O)(=O)c1cc(C(=O)[O-])ccc1Cl. The molecule has 2 aromatic rings. The van der Waals surface area contributed by atoms with Gasteiger partial charge < -0.3 is 14.6 Å². The molecule has 0 aliphatic rings. The van der Waals surface area contributed by atoms with Crippen molar-refractivity contribution >= 4 is 39.0 Å². The third kappa shape index (κ3) is 3.98. The number of nitro groups is 1. The number of sulfonamides is 1. The van der Waals surface area contributed by atoms with Crippen molar-refractivity contribution in [3.63, 3.8) is 0 Å². The van der Waals surface area contributed by atoms with Gasteiger partial charge in [-0.1, -0.05) is 17.7 Å². The van der Waals surface area contributed by atoms with Crippen LogP contribution in [0.25, 0.3) is 0 Å². The molecule has 0 radical (unpaired) electrons. The van der Waals surface area contributed by atoms with Gasteiger partial charge in [0.2, 0.25) is 0 Å². The topological polar surface area (TPSA) is 139 Å². The van der Waals surface area contributed by atoms with Crippen LogP contribution in [0.15, 0.2) is 41.3 Å². The lowest BCUT2D eigenvalue weighted by Gasteiger charge is -2.13. The van der Waals surface area contributed by atoms with Gasteiger partial charge >= 0.3 is 0 Å². The van der Waals surface area contributed by atoms with Crippen LogP contribution in [-0.4, -0.2) is 26.4 Å². The van der Waals surface area contributed by atoms with E-state index < -0.39 is 31.4 Å². The van der Waals surface area contributed by atoms with Crippen molar-refractivity contribution < 1.29 is 28.0 Å². The Balaban J connectivity index is 2.53. The van der Waals surface area contributed by atoms with Gasteiger partial charge in [0.15, 0.2) is 0 Å². The van der Waals surface area contributed by atoms with Crippen molar-refractivity contribution in [2.24, 2.45) is 0 Å². The molecule has 0 unspecified atom stereocenters. The van der Waals surface area contributed by atoms with Crippen LogP contribution in [0.1, 0.15) is 10.4 Å². The second-order valence-corrected chi connectivity index (χ2v) is 6.74. The third-order valence-electron chi connectivity index (χ3n) is 3.09. The van der Waals surface area contributed by atoms with E-state index in [4.69, 9.17) is 16.3 Å². The quantitative estimate of drug-likeness (QED) is 0.585. The van der Waals surface area contributed by atoms with Crippen LogP contribution in [0.4, 0.5) is 11.4 Å². The van der Waals surface area contributed by atoms with Crippen molar-refractivity contribution in [3.05, 3.63) is 57.1 Å². The standard InChI is InChI=1S/C14H11ClN2O7S/c1-24-12-5-3-9(17(20)21)7-11(12)16-25(22,23)13-6-8(14(18)19)2-4-10(13)15/h2-7,16H,1H3,(H,18,19)/p-1. The lowest BCUT2D eigenvalue weighted by atomic mass is 10.2. The number of hydrogen-bond donors (Lipinski definition) is 1. The molecule has 25 heavy (non-hydrogen) atoms. The molecule has 9 nitrogen and oxygen atoms in total.